The smallest absolute Gasteiger partial charge is 0.190 e. The second-order valence-corrected chi connectivity index (χ2v) is 8.25. The fourth-order valence-corrected chi connectivity index (χ4v) is 3.83. The van der Waals surface area contributed by atoms with Crippen LogP contribution in [0.3, 0.4) is 0 Å². The fourth-order valence-electron chi connectivity index (χ4n) is 2.87. The van der Waals surface area contributed by atoms with Crippen LogP contribution in [0.15, 0.2) is 58.9 Å². The van der Waals surface area contributed by atoms with Crippen LogP contribution in [0.1, 0.15) is 26.3 Å². The molecule has 1 heterocycles. The van der Waals surface area contributed by atoms with Crippen LogP contribution >= 0.6 is 11.3 Å². The number of aliphatic hydroxyl groups excluding tert-OH is 1. The van der Waals surface area contributed by atoms with E-state index >= 15 is 0 Å². The second kappa shape index (κ2) is 8.11. The fraction of sp³-hybridized carbons (Fsp3) is 0.318. The molecule has 1 N–H and O–H groups in total. The summed E-state index contributed by atoms with van der Waals surface area (Å²) in [6, 6.07) is 16.3. The predicted octanol–water partition coefficient (Wildman–Crippen LogP) is 4.75. The van der Waals surface area contributed by atoms with E-state index in [-0.39, 0.29) is 12.0 Å². The molecular formula is C22H26N2O2S. The molecule has 0 unspecified atom stereocenters. The lowest BCUT2D eigenvalue weighted by Crippen LogP contribution is -2.18. The second-order valence-electron chi connectivity index (χ2n) is 7.42. The predicted molar refractivity (Wildman–Crippen MR) is 112 cm³/mol. The maximum Gasteiger partial charge on any atom is 0.190 e. The number of rotatable bonds is 5. The lowest BCUT2D eigenvalue weighted by molar-refractivity contribution is 0.275. The van der Waals surface area contributed by atoms with Crippen LogP contribution in [0.2, 0.25) is 0 Å². The van der Waals surface area contributed by atoms with Crippen LogP contribution in [-0.2, 0) is 12.0 Å². The van der Waals surface area contributed by atoms with Gasteiger partial charge in [-0.1, -0.05) is 45.0 Å². The number of thiazole rings is 1. The molecule has 0 atom stereocenters. The Morgan fingerprint density at radius 1 is 1.04 bits per heavy atom. The Kier molecular flexibility index (Phi) is 5.82. The minimum absolute atomic E-state index is 0.0691. The Labute approximate surface area is 164 Å². The minimum Gasteiger partial charge on any atom is -0.497 e. The van der Waals surface area contributed by atoms with Crippen molar-refractivity contribution in [3.63, 3.8) is 0 Å². The third kappa shape index (κ3) is 4.49. The number of nitrogens with zero attached hydrogens (tertiary/aromatic N) is 2. The topological polar surface area (TPSA) is 46.8 Å². The van der Waals surface area contributed by atoms with Crippen LogP contribution in [0.25, 0.3) is 11.3 Å². The molecular weight excluding hydrogens is 356 g/mol. The zero-order valence-electron chi connectivity index (χ0n) is 16.3. The van der Waals surface area contributed by atoms with Gasteiger partial charge in [-0.15, -0.1) is 11.3 Å². The van der Waals surface area contributed by atoms with Crippen molar-refractivity contribution in [2.75, 3.05) is 13.7 Å². The molecule has 0 aliphatic carbocycles. The Morgan fingerprint density at radius 3 is 2.26 bits per heavy atom. The van der Waals surface area contributed by atoms with Crippen molar-refractivity contribution in [2.24, 2.45) is 4.99 Å². The van der Waals surface area contributed by atoms with Crippen LogP contribution in [0.5, 0.6) is 5.75 Å². The first kappa shape index (κ1) is 19.4. The molecule has 142 valence electrons. The molecule has 0 amide bonds. The van der Waals surface area contributed by atoms with Gasteiger partial charge in [0.25, 0.3) is 0 Å². The van der Waals surface area contributed by atoms with E-state index in [1.807, 2.05) is 24.3 Å². The van der Waals surface area contributed by atoms with E-state index in [0.29, 0.717) is 6.54 Å². The van der Waals surface area contributed by atoms with Gasteiger partial charge in [0, 0.05) is 11.9 Å². The van der Waals surface area contributed by atoms with Crippen molar-refractivity contribution < 1.29 is 9.84 Å². The average molecular weight is 383 g/mol. The maximum absolute atomic E-state index is 9.54. The molecule has 5 heteroatoms. The van der Waals surface area contributed by atoms with E-state index in [1.54, 1.807) is 18.4 Å². The van der Waals surface area contributed by atoms with Gasteiger partial charge in [-0.3, -0.25) is 0 Å². The normalized spacial score (nSPS) is 12.4. The summed E-state index contributed by atoms with van der Waals surface area (Å²) in [5.41, 5.74) is 4.49. The summed E-state index contributed by atoms with van der Waals surface area (Å²) in [5, 5.41) is 11.6. The standard InChI is InChI=1S/C22H26N2O2S/c1-22(2,3)17-7-5-16(6-8-17)20-15-27-21(24(20)13-14-25)23-18-9-11-19(26-4)12-10-18/h5-12,15,25H,13-14H2,1-4H3. The summed E-state index contributed by atoms with van der Waals surface area (Å²) >= 11 is 1.58. The van der Waals surface area contributed by atoms with Crippen molar-refractivity contribution in [3.8, 4) is 17.0 Å². The highest BCUT2D eigenvalue weighted by Gasteiger charge is 2.14. The van der Waals surface area contributed by atoms with E-state index in [4.69, 9.17) is 9.73 Å². The van der Waals surface area contributed by atoms with Gasteiger partial charge in [-0.2, -0.15) is 0 Å². The molecule has 0 radical (unpaired) electrons. The Bertz CT molecular complexity index is 946. The molecule has 0 saturated heterocycles. The molecule has 27 heavy (non-hydrogen) atoms. The summed E-state index contributed by atoms with van der Waals surface area (Å²) in [4.78, 5) is 5.62. The number of ether oxygens (including phenoxy) is 1. The monoisotopic (exact) mass is 382 g/mol. The van der Waals surface area contributed by atoms with E-state index in [9.17, 15) is 5.11 Å². The molecule has 2 aromatic carbocycles. The summed E-state index contributed by atoms with van der Waals surface area (Å²) in [5.74, 6) is 0.808. The zero-order valence-corrected chi connectivity index (χ0v) is 17.1. The molecule has 0 spiro atoms. The van der Waals surface area contributed by atoms with Gasteiger partial charge < -0.3 is 14.4 Å². The third-order valence-corrected chi connectivity index (χ3v) is 5.33. The molecule has 0 bridgehead atoms. The minimum atomic E-state index is 0.0691. The molecule has 0 aliphatic heterocycles. The molecule has 4 nitrogen and oxygen atoms in total. The van der Waals surface area contributed by atoms with E-state index < -0.39 is 0 Å². The van der Waals surface area contributed by atoms with Crippen molar-refractivity contribution in [1.82, 2.24) is 4.57 Å². The highest BCUT2D eigenvalue weighted by atomic mass is 32.1. The van der Waals surface area contributed by atoms with Crippen molar-refractivity contribution >= 4 is 17.0 Å². The van der Waals surface area contributed by atoms with Gasteiger partial charge in [0.2, 0.25) is 0 Å². The average Bonchev–Trinajstić information content (AvgIpc) is 3.04. The van der Waals surface area contributed by atoms with Crippen LogP contribution < -0.4 is 9.54 Å². The van der Waals surface area contributed by atoms with Crippen molar-refractivity contribution in [1.29, 1.82) is 0 Å². The third-order valence-electron chi connectivity index (χ3n) is 4.47. The highest BCUT2D eigenvalue weighted by molar-refractivity contribution is 7.07. The van der Waals surface area contributed by atoms with Gasteiger partial charge in [0.15, 0.2) is 4.80 Å². The lowest BCUT2D eigenvalue weighted by atomic mass is 9.86. The van der Waals surface area contributed by atoms with Gasteiger partial charge in [-0.25, -0.2) is 4.99 Å². The zero-order chi connectivity index (χ0) is 19.4. The maximum atomic E-state index is 9.54. The number of benzene rings is 2. The van der Waals surface area contributed by atoms with Crippen LogP contribution in [-0.4, -0.2) is 23.4 Å². The van der Waals surface area contributed by atoms with E-state index in [1.165, 1.54) is 5.56 Å². The lowest BCUT2D eigenvalue weighted by Gasteiger charge is -2.19. The quantitative estimate of drug-likeness (QED) is 0.692. The number of hydrogen-bond acceptors (Lipinski definition) is 4. The van der Waals surface area contributed by atoms with E-state index in [0.717, 1.165) is 27.5 Å². The Balaban J connectivity index is 2.01. The van der Waals surface area contributed by atoms with Crippen molar-refractivity contribution in [3.05, 3.63) is 64.3 Å². The van der Waals surface area contributed by atoms with Gasteiger partial charge in [-0.05, 0) is 40.8 Å². The Hall–Kier alpha value is -2.37. The molecule has 3 rings (SSSR count). The van der Waals surface area contributed by atoms with Gasteiger partial charge >= 0.3 is 0 Å². The number of hydrogen-bond donors (Lipinski definition) is 1. The molecule has 3 aromatic rings. The number of aliphatic hydroxyl groups is 1. The van der Waals surface area contributed by atoms with Gasteiger partial charge in [0.05, 0.1) is 25.1 Å². The highest BCUT2D eigenvalue weighted by Crippen LogP contribution is 2.27. The summed E-state index contributed by atoms with van der Waals surface area (Å²) in [6.45, 7) is 7.22. The molecule has 0 aliphatic rings. The Morgan fingerprint density at radius 2 is 1.70 bits per heavy atom. The number of methoxy groups -OCH3 is 1. The van der Waals surface area contributed by atoms with E-state index in [2.05, 4.69) is 55.0 Å². The number of aromatic nitrogens is 1. The largest absolute Gasteiger partial charge is 0.497 e. The van der Waals surface area contributed by atoms with Crippen molar-refractivity contribution in [2.45, 2.75) is 32.7 Å². The first-order chi connectivity index (χ1) is 12.9. The molecule has 1 aromatic heterocycles. The summed E-state index contributed by atoms with van der Waals surface area (Å²) in [7, 11) is 1.65. The first-order valence-corrected chi connectivity index (χ1v) is 9.89. The van der Waals surface area contributed by atoms with Crippen LogP contribution in [0.4, 0.5) is 5.69 Å². The summed E-state index contributed by atoms with van der Waals surface area (Å²) in [6.07, 6.45) is 0. The molecule has 0 saturated carbocycles. The molecule has 0 fully saturated rings. The van der Waals surface area contributed by atoms with Crippen LogP contribution in [0, 0.1) is 0 Å². The van der Waals surface area contributed by atoms with Gasteiger partial charge in [0.1, 0.15) is 5.75 Å². The summed E-state index contributed by atoms with van der Waals surface area (Å²) < 4.78 is 7.27. The first-order valence-electron chi connectivity index (χ1n) is 9.01. The SMILES string of the molecule is COc1ccc(N=c2scc(-c3ccc(C(C)(C)C)cc3)n2CCO)cc1.